The second-order valence-corrected chi connectivity index (χ2v) is 6.46. The highest BCUT2D eigenvalue weighted by atomic mass is 16.5. The molecular weight excluding hydrogens is 350 g/mol. The molecule has 0 radical (unpaired) electrons. The average Bonchev–Trinajstić information content (AvgIpc) is 3.16. The Morgan fingerprint density at radius 3 is 3.00 bits per heavy atom. The molecule has 1 saturated heterocycles. The Morgan fingerprint density at radius 2 is 2.22 bits per heavy atom. The van der Waals surface area contributed by atoms with E-state index >= 15 is 0 Å². The fourth-order valence-electron chi connectivity index (χ4n) is 3.16. The Morgan fingerprint density at radius 1 is 1.33 bits per heavy atom. The lowest BCUT2D eigenvalue weighted by Gasteiger charge is -2.32. The summed E-state index contributed by atoms with van der Waals surface area (Å²) in [5.74, 6) is 0.846. The number of hydrogen-bond donors (Lipinski definition) is 0. The van der Waals surface area contributed by atoms with E-state index in [0.717, 1.165) is 12.8 Å². The zero-order valence-corrected chi connectivity index (χ0v) is 15.3. The highest BCUT2D eigenvalue weighted by molar-refractivity contribution is 5.81. The van der Waals surface area contributed by atoms with Crippen molar-refractivity contribution < 1.29 is 18.8 Å². The molecule has 1 aliphatic rings. The Labute approximate surface area is 157 Å². The van der Waals surface area contributed by atoms with Crippen LogP contribution in [0.4, 0.5) is 0 Å². The largest absolute Gasteiger partial charge is 0.466 e. The van der Waals surface area contributed by atoms with Gasteiger partial charge in [-0.25, -0.2) is 4.98 Å². The number of esters is 1. The summed E-state index contributed by atoms with van der Waals surface area (Å²) in [7, 11) is 0. The van der Waals surface area contributed by atoms with Crippen LogP contribution in [0.25, 0.3) is 11.5 Å². The molecule has 1 unspecified atom stereocenters. The van der Waals surface area contributed by atoms with E-state index in [2.05, 4.69) is 20.1 Å². The standard InChI is InChI=1S/C18H23N5O4/c1-2-26-17(25)6-5-16(24)23-9-3-4-13(12-23)10-15-21-18(22-27-15)14-11-19-7-8-20-14/h7-8,11,13H,2-6,9-10,12H2,1H3. The summed E-state index contributed by atoms with van der Waals surface area (Å²) < 4.78 is 10.2. The number of likely N-dealkylation sites (tertiary alicyclic amines) is 1. The first-order chi connectivity index (χ1) is 13.2. The molecule has 1 aliphatic heterocycles. The maximum absolute atomic E-state index is 12.3. The lowest BCUT2D eigenvalue weighted by Crippen LogP contribution is -2.40. The minimum Gasteiger partial charge on any atom is -0.466 e. The summed E-state index contributed by atoms with van der Waals surface area (Å²) in [6, 6.07) is 0. The van der Waals surface area contributed by atoms with Gasteiger partial charge in [0.1, 0.15) is 5.69 Å². The molecule has 144 valence electrons. The van der Waals surface area contributed by atoms with Gasteiger partial charge in [-0.15, -0.1) is 0 Å². The molecule has 3 rings (SSSR count). The highest BCUT2D eigenvalue weighted by Crippen LogP contribution is 2.22. The molecule has 0 saturated carbocycles. The van der Waals surface area contributed by atoms with Crippen LogP contribution in [-0.2, 0) is 20.7 Å². The molecule has 1 atom stereocenters. The fourth-order valence-corrected chi connectivity index (χ4v) is 3.16. The van der Waals surface area contributed by atoms with Crippen LogP contribution < -0.4 is 0 Å². The van der Waals surface area contributed by atoms with Gasteiger partial charge in [0.25, 0.3) is 0 Å². The molecule has 1 fully saturated rings. The maximum atomic E-state index is 12.3. The van der Waals surface area contributed by atoms with Gasteiger partial charge in [-0.2, -0.15) is 4.98 Å². The van der Waals surface area contributed by atoms with E-state index in [4.69, 9.17) is 9.26 Å². The van der Waals surface area contributed by atoms with Gasteiger partial charge in [0.05, 0.1) is 19.2 Å². The Hall–Kier alpha value is -2.84. The van der Waals surface area contributed by atoms with Crippen molar-refractivity contribution in [3.05, 3.63) is 24.5 Å². The molecule has 0 aromatic carbocycles. The smallest absolute Gasteiger partial charge is 0.306 e. The molecule has 3 heterocycles. The molecule has 1 amide bonds. The SMILES string of the molecule is CCOC(=O)CCC(=O)N1CCCC(Cc2nc(-c3cnccn3)no2)C1. The summed E-state index contributed by atoms with van der Waals surface area (Å²) in [6.07, 6.45) is 7.56. The first-order valence-corrected chi connectivity index (χ1v) is 9.18. The van der Waals surface area contributed by atoms with Crippen LogP contribution in [0.3, 0.4) is 0 Å². The van der Waals surface area contributed by atoms with E-state index in [0.29, 0.717) is 43.5 Å². The third kappa shape index (κ3) is 5.32. The number of hydrogen-bond acceptors (Lipinski definition) is 8. The van der Waals surface area contributed by atoms with Crippen LogP contribution in [0.2, 0.25) is 0 Å². The van der Waals surface area contributed by atoms with Gasteiger partial charge < -0.3 is 14.2 Å². The van der Waals surface area contributed by atoms with Crippen molar-refractivity contribution in [1.82, 2.24) is 25.0 Å². The van der Waals surface area contributed by atoms with E-state index in [-0.39, 0.29) is 30.6 Å². The molecule has 0 aliphatic carbocycles. The Bertz CT molecular complexity index is 764. The van der Waals surface area contributed by atoms with Crippen LogP contribution in [0.5, 0.6) is 0 Å². The fraction of sp³-hybridized carbons (Fsp3) is 0.556. The van der Waals surface area contributed by atoms with Crippen molar-refractivity contribution in [3.63, 3.8) is 0 Å². The van der Waals surface area contributed by atoms with Gasteiger partial charge in [-0.1, -0.05) is 5.16 Å². The first kappa shape index (κ1) is 18.9. The van der Waals surface area contributed by atoms with Gasteiger partial charge >= 0.3 is 5.97 Å². The molecule has 0 bridgehead atoms. The number of carbonyl (C=O) groups excluding carboxylic acids is 2. The number of rotatable bonds is 7. The Kier molecular flexibility index (Phi) is 6.45. The van der Waals surface area contributed by atoms with Crippen molar-refractivity contribution in [2.75, 3.05) is 19.7 Å². The average molecular weight is 373 g/mol. The summed E-state index contributed by atoms with van der Waals surface area (Å²) in [5, 5.41) is 3.95. The van der Waals surface area contributed by atoms with Crippen molar-refractivity contribution in [3.8, 4) is 11.5 Å². The predicted octanol–water partition coefficient (Wildman–Crippen LogP) is 1.65. The summed E-state index contributed by atoms with van der Waals surface area (Å²) >= 11 is 0. The topological polar surface area (TPSA) is 111 Å². The number of aromatic nitrogens is 4. The number of carbonyl (C=O) groups is 2. The molecule has 0 spiro atoms. The second kappa shape index (κ2) is 9.20. The van der Waals surface area contributed by atoms with E-state index < -0.39 is 0 Å². The predicted molar refractivity (Wildman–Crippen MR) is 94.2 cm³/mol. The zero-order valence-electron chi connectivity index (χ0n) is 15.3. The monoisotopic (exact) mass is 373 g/mol. The third-order valence-corrected chi connectivity index (χ3v) is 4.44. The number of piperidine rings is 1. The minimum absolute atomic E-state index is 0.0152. The number of ether oxygens (including phenoxy) is 1. The van der Waals surface area contributed by atoms with E-state index in [1.807, 2.05) is 4.90 Å². The number of nitrogens with zero attached hydrogens (tertiary/aromatic N) is 5. The van der Waals surface area contributed by atoms with Crippen LogP contribution in [0, 0.1) is 5.92 Å². The van der Waals surface area contributed by atoms with Gasteiger partial charge in [0, 0.05) is 38.3 Å². The van der Waals surface area contributed by atoms with Crippen molar-refractivity contribution in [2.45, 2.75) is 39.0 Å². The van der Waals surface area contributed by atoms with Crippen molar-refractivity contribution in [1.29, 1.82) is 0 Å². The van der Waals surface area contributed by atoms with Gasteiger partial charge in [0.2, 0.25) is 17.6 Å². The Balaban J connectivity index is 1.52. The normalized spacial score (nSPS) is 16.9. The molecule has 2 aromatic heterocycles. The summed E-state index contributed by atoms with van der Waals surface area (Å²) in [4.78, 5) is 38.1. The molecule has 2 aromatic rings. The molecule has 9 heteroatoms. The highest BCUT2D eigenvalue weighted by Gasteiger charge is 2.26. The second-order valence-electron chi connectivity index (χ2n) is 6.46. The van der Waals surface area contributed by atoms with Gasteiger partial charge in [-0.3, -0.25) is 14.6 Å². The lowest BCUT2D eigenvalue weighted by atomic mass is 9.94. The van der Waals surface area contributed by atoms with Crippen molar-refractivity contribution in [2.24, 2.45) is 5.92 Å². The van der Waals surface area contributed by atoms with Gasteiger partial charge in [0.15, 0.2) is 0 Å². The van der Waals surface area contributed by atoms with Gasteiger partial charge in [-0.05, 0) is 25.7 Å². The summed E-state index contributed by atoms with van der Waals surface area (Å²) in [5.41, 5.74) is 0.562. The third-order valence-electron chi connectivity index (χ3n) is 4.44. The van der Waals surface area contributed by atoms with Crippen molar-refractivity contribution >= 4 is 11.9 Å². The first-order valence-electron chi connectivity index (χ1n) is 9.18. The maximum Gasteiger partial charge on any atom is 0.306 e. The zero-order chi connectivity index (χ0) is 19.1. The molecule has 0 N–H and O–H groups in total. The minimum atomic E-state index is -0.332. The lowest BCUT2D eigenvalue weighted by molar-refractivity contribution is -0.146. The number of amides is 1. The summed E-state index contributed by atoms with van der Waals surface area (Å²) in [6.45, 7) is 3.43. The van der Waals surface area contributed by atoms with E-state index in [1.54, 1.807) is 25.5 Å². The van der Waals surface area contributed by atoms with E-state index in [9.17, 15) is 9.59 Å². The van der Waals surface area contributed by atoms with Crippen LogP contribution in [0.15, 0.2) is 23.1 Å². The van der Waals surface area contributed by atoms with Crippen LogP contribution in [-0.4, -0.2) is 56.6 Å². The van der Waals surface area contributed by atoms with Crippen LogP contribution in [0.1, 0.15) is 38.5 Å². The van der Waals surface area contributed by atoms with Crippen LogP contribution >= 0.6 is 0 Å². The quantitative estimate of drug-likeness (QED) is 0.674. The molecule has 9 nitrogen and oxygen atoms in total. The molecular formula is C18H23N5O4. The van der Waals surface area contributed by atoms with E-state index in [1.165, 1.54) is 0 Å². The molecule has 27 heavy (non-hydrogen) atoms.